The summed E-state index contributed by atoms with van der Waals surface area (Å²) in [5.41, 5.74) is 0.878. The minimum Gasteiger partial charge on any atom is -0.497 e. The van der Waals surface area contributed by atoms with E-state index in [0.29, 0.717) is 11.9 Å². The maximum absolute atomic E-state index is 13.7. The zero-order valence-electron chi connectivity index (χ0n) is 16.1. The van der Waals surface area contributed by atoms with Gasteiger partial charge in [0, 0.05) is 19.1 Å². The Morgan fingerprint density at radius 3 is 2.35 bits per heavy atom. The van der Waals surface area contributed by atoms with E-state index in [2.05, 4.69) is 21.9 Å². The molecular formula is C22H32N2O2. The molecule has 0 N–H and O–H groups in total. The van der Waals surface area contributed by atoms with Crippen molar-refractivity contribution >= 4 is 5.91 Å². The summed E-state index contributed by atoms with van der Waals surface area (Å²) in [6.07, 6.45) is 9.32. The molecule has 1 saturated carbocycles. The van der Waals surface area contributed by atoms with Crippen LogP contribution in [0.5, 0.6) is 5.75 Å². The summed E-state index contributed by atoms with van der Waals surface area (Å²) in [6.45, 7) is 4.30. The van der Waals surface area contributed by atoms with Gasteiger partial charge in [0.2, 0.25) is 5.91 Å². The topological polar surface area (TPSA) is 32.8 Å². The number of nitrogens with zero attached hydrogens (tertiary/aromatic N) is 2. The molecule has 0 unspecified atom stereocenters. The molecule has 1 amide bonds. The molecular weight excluding hydrogens is 324 g/mol. The second-order valence-electron chi connectivity index (χ2n) is 8.31. The number of ether oxygens (including phenoxy) is 1. The molecule has 1 atom stereocenters. The lowest BCUT2D eigenvalue weighted by molar-refractivity contribution is -0.139. The fraction of sp³-hybridized carbons (Fsp3) is 0.682. The monoisotopic (exact) mass is 356 g/mol. The number of methoxy groups -OCH3 is 1. The maximum Gasteiger partial charge on any atom is 0.233 e. The Hall–Kier alpha value is -1.55. The van der Waals surface area contributed by atoms with E-state index in [1.807, 2.05) is 12.1 Å². The summed E-state index contributed by atoms with van der Waals surface area (Å²) in [7, 11) is 1.69. The number of benzene rings is 1. The molecule has 2 heterocycles. The van der Waals surface area contributed by atoms with E-state index in [1.54, 1.807) is 7.11 Å². The van der Waals surface area contributed by atoms with Gasteiger partial charge in [-0.05, 0) is 69.3 Å². The molecule has 0 spiro atoms. The van der Waals surface area contributed by atoms with Gasteiger partial charge in [-0.3, -0.25) is 9.69 Å². The van der Waals surface area contributed by atoms with Crippen molar-refractivity contribution in [1.29, 1.82) is 0 Å². The van der Waals surface area contributed by atoms with Crippen LogP contribution in [-0.4, -0.2) is 55.0 Å². The zero-order valence-corrected chi connectivity index (χ0v) is 16.1. The molecule has 0 radical (unpaired) electrons. The lowest BCUT2D eigenvalue weighted by Gasteiger charge is -2.42. The molecule has 3 aliphatic rings. The SMILES string of the molecule is COc1ccc(C2(C(=O)N3CCC[C@@H](N4CCCC4)C3)CCCC2)cc1. The molecule has 142 valence electrons. The molecule has 4 nitrogen and oxygen atoms in total. The number of hydrogen-bond donors (Lipinski definition) is 0. The summed E-state index contributed by atoms with van der Waals surface area (Å²) < 4.78 is 5.31. The Kier molecular flexibility index (Phi) is 5.21. The van der Waals surface area contributed by atoms with Crippen molar-refractivity contribution in [3.63, 3.8) is 0 Å². The highest BCUT2D eigenvalue weighted by atomic mass is 16.5. The number of rotatable bonds is 4. The van der Waals surface area contributed by atoms with Crippen LogP contribution in [0.1, 0.15) is 56.9 Å². The van der Waals surface area contributed by atoms with Crippen molar-refractivity contribution in [2.45, 2.75) is 62.8 Å². The predicted molar refractivity (Wildman–Crippen MR) is 104 cm³/mol. The first-order valence-corrected chi connectivity index (χ1v) is 10.4. The van der Waals surface area contributed by atoms with Crippen LogP contribution in [0.25, 0.3) is 0 Å². The molecule has 4 heteroatoms. The Morgan fingerprint density at radius 1 is 1.00 bits per heavy atom. The molecule has 1 aromatic rings. The van der Waals surface area contributed by atoms with Crippen LogP contribution in [0.3, 0.4) is 0 Å². The number of hydrogen-bond acceptors (Lipinski definition) is 3. The minimum atomic E-state index is -0.306. The fourth-order valence-electron chi connectivity index (χ4n) is 5.36. The Morgan fingerprint density at radius 2 is 1.69 bits per heavy atom. The lowest BCUT2D eigenvalue weighted by Crippen LogP contribution is -2.53. The van der Waals surface area contributed by atoms with Crippen LogP contribution in [0, 0.1) is 0 Å². The summed E-state index contributed by atoms with van der Waals surface area (Å²) in [4.78, 5) is 18.5. The quantitative estimate of drug-likeness (QED) is 0.826. The van der Waals surface area contributed by atoms with E-state index in [9.17, 15) is 4.79 Å². The first-order chi connectivity index (χ1) is 12.7. The first kappa shape index (κ1) is 17.8. The summed E-state index contributed by atoms with van der Waals surface area (Å²) >= 11 is 0. The lowest BCUT2D eigenvalue weighted by atomic mass is 9.77. The van der Waals surface area contributed by atoms with Crippen LogP contribution >= 0.6 is 0 Å². The summed E-state index contributed by atoms with van der Waals surface area (Å²) in [6, 6.07) is 8.82. The first-order valence-electron chi connectivity index (χ1n) is 10.4. The fourth-order valence-corrected chi connectivity index (χ4v) is 5.36. The van der Waals surface area contributed by atoms with Crippen molar-refractivity contribution in [3.05, 3.63) is 29.8 Å². The molecule has 2 saturated heterocycles. The third-order valence-electron chi connectivity index (χ3n) is 6.85. The third-order valence-corrected chi connectivity index (χ3v) is 6.85. The van der Waals surface area contributed by atoms with Gasteiger partial charge in [0.25, 0.3) is 0 Å². The van der Waals surface area contributed by atoms with Gasteiger partial charge < -0.3 is 9.64 Å². The van der Waals surface area contributed by atoms with Crippen molar-refractivity contribution in [3.8, 4) is 5.75 Å². The minimum absolute atomic E-state index is 0.306. The average Bonchev–Trinajstić information content (AvgIpc) is 3.40. The molecule has 1 aromatic carbocycles. The predicted octanol–water partition coefficient (Wildman–Crippen LogP) is 3.59. The van der Waals surface area contributed by atoms with Crippen molar-refractivity contribution < 1.29 is 9.53 Å². The van der Waals surface area contributed by atoms with Gasteiger partial charge in [0.05, 0.1) is 12.5 Å². The van der Waals surface area contributed by atoms with E-state index in [4.69, 9.17) is 4.74 Å². The summed E-state index contributed by atoms with van der Waals surface area (Å²) in [5, 5.41) is 0. The van der Waals surface area contributed by atoms with Gasteiger partial charge in [0.1, 0.15) is 5.75 Å². The van der Waals surface area contributed by atoms with E-state index in [1.165, 1.54) is 37.9 Å². The Balaban J connectivity index is 1.54. The number of carbonyl (C=O) groups excluding carboxylic acids is 1. The van der Waals surface area contributed by atoms with Crippen LogP contribution < -0.4 is 4.74 Å². The van der Waals surface area contributed by atoms with Gasteiger partial charge in [-0.2, -0.15) is 0 Å². The molecule has 26 heavy (non-hydrogen) atoms. The summed E-state index contributed by atoms with van der Waals surface area (Å²) in [5.74, 6) is 1.24. The highest BCUT2D eigenvalue weighted by Gasteiger charge is 2.46. The highest BCUT2D eigenvalue weighted by Crippen LogP contribution is 2.43. The highest BCUT2D eigenvalue weighted by molar-refractivity contribution is 5.89. The van der Waals surface area contributed by atoms with Crippen LogP contribution in [0.2, 0.25) is 0 Å². The van der Waals surface area contributed by atoms with E-state index >= 15 is 0 Å². The second-order valence-corrected chi connectivity index (χ2v) is 8.31. The average molecular weight is 357 g/mol. The standard InChI is InChI=1S/C22H32N2O2/c1-26-20-10-8-18(9-11-20)22(12-2-3-13-22)21(25)24-16-6-7-19(17-24)23-14-4-5-15-23/h8-11,19H,2-7,12-17H2,1H3/t19-/m1/s1. The number of piperidine rings is 1. The van der Waals surface area contributed by atoms with Crippen molar-refractivity contribution in [2.24, 2.45) is 0 Å². The molecule has 0 bridgehead atoms. The molecule has 4 rings (SSSR count). The van der Waals surface area contributed by atoms with E-state index < -0.39 is 0 Å². The van der Waals surface area contributed by atoms with Gasteiger partial charge >= 0.3 is 0 Å². The smallest absolute Gasteiger partial charge is 0.233 e. The Bertz CT molecular complexity index is 616. The van der Waals surface area contributed by atoms with Gasteiger partial charge in [-0.25, -0.2) is 0 Å². The molecule has 0 aromatic heterocycles. The van der Waals surface area contributed by atoms with Crippen LogP contribution in [0.4, 0.5) is 0 Å². The second kappa shape index (κ2) is 7.59. The Labute approximate surface area is 157 Å². The maximum atomic E-state index is 13.7. The van der Waals surface area contributed by atoms with Gasteiger partial charge in [-0.15, -0.1) is 0 Å². The van der Waals surface area contributed by atoms with Crippen molar-refractivity contribution in [2.75, 3.05) is 33.3 Å². The third kappa shape index (κ3) is 3.24. The molecule has 1 aliphatic carbocycles. The number of carbonyl (C=O) groups is 1. The van der Waals surface area contributed by atoms with Crippen LogP contribution in [0.15, 0.2) is 24.3 Å². The van der Waals surface area contributed by atoms with Crippen LogP contribution in [-0.2, 0) is 10.2 Å². The van der Waals surface area contributed by atoms with E-state index in [0.717, 1.165) is 50.9 Å². The normalized spacial score (nSPS) is 26.2. The molecule has 2 aliphatic heterocycles. The van der Waals surface area contributed by atoms with Gasteiger partial charge in [0.15, 0.2) is 0 Å². The molecule has 3 fully saturated rings. The zero-order chi connectivity index (χ0) is 18.0. The number of likely N-dealkylation sites (tertiary alicyclic amines) is 2. The van der Waals surface area contributed by atoms with Crippen molar-refractivity contribution in [1.82, 2.24) is 9.80 Å². The largest absolute Gasteiger partial charge is 0.497 e. The van der Waals surface area contributed by atoms with Gasteiger partial charge in [-0.1, -0.05) is 25.0 Å². The van der Waals surface area contributed by atoms with E-state index in [-0.39, 0.29) is 5.41 Å². The number of amides is 1.